The van der Waals surface area contributed by atoms with Crippen LogP contribution >= 0.6 is 0 Å². The van der Waals surface area contributed by atoms with Crippen LogP contribution in [0.2, 0.25) is 0 Å². The highest BCUT2D eigenvalue weighted by atomic mass is 16.6. The molecule has 0 bridgehead atoms. The largest absolute Gasteiger partial charge is 0.457 e. The highest BCUT2D eigenvalue weighted by Crippen LogP contribution is 2.16. The first kappa shape index (κ1) is 50.1. The molecule has 0 rings (SSSR count). The predicted molar refractivity (Wildman–Crippen MR) is 224 cm³/mol. The van der Waals surface area contributed by atoms with Crippen LogP contribution in [-0.4, -0.2) is 37.0 Å². The van der Waals surface area contributed by atoms with Crippen molar-refractivity contribution in [1.29, 1.82) is 0 Å². The highest BCUT2D eigenvalue weighted by molar-refractivity contribution is 5.69. The van der Waals surface area contributed by atoms with E-state index in [0.717, 1.165) is 19.3 Å². The van der Waals surface area contributed by atoms with Crippen LogP contribution in [0.5, 0.6) is 0 Å². The molecule has 0 radical (unpaired) electrons. The van der Waals surface area contributed by atoms with E-state index in [4.69, 9.17) is 9.47 Å². The van der Waals surface area contributed by atoms with Crippen LogP contribution in [0.25, 0.3) is 0 Å². The summed E-state index contributed by atoms with van der Waals surface area (Å²) in [7, 11) is 0. The second-order valence-electron chi connectivity index (χ2n) is 15.8. The van der Waals surface area contributed by atoms with Crippen LogP contribution in [0.1, 0.15) is 258 Å². The average Bonchev–Trinajstić information content (AvgIpc) is 3.14. The number of rotatable bonds is 44. The number of carbonyl (C=O) groups excluding carboxylic acids is 1. The van der Waals surface area contributed by atoms with Gasteiger partial charge >= 0.3 is 5.97 Å². The Kier molecular flexibility index (Phi) is 44.5. The Morgan fingerprint density at radius 3 is 1.12 bits per heavy atom. The van der Waals surface area contributed by atoms with Gasteiger partial charge in [-0.05, 0) is 38.5 Å². The summed E-state index contributed by atoms with van der Waals surface area (Å²) in [5, 5.41) is 9.61. The third-order valence-corrected chi connectivity index (χ3v) is 10.6. The monoisotopic (exact) mass is 721 g/mol. The first-order chi connectivity index (χ1) is 25.2. The average molecular weight is 721 g/mol. The van der Waals surface area contributed by atoms with Gasteiger partial charge in [-0.25, -0.2) is 0 Å². The van der Waals surface area contributed by atoms with E-state index in [-0.39, 0.29) is 12.6 Å². The number of hydrogen-bond donors (Lipinski definition) is 1. The Hall–Kier alpha value is -0.870. The minimum Gasteiger partial charge on any atom is -0.457 e. The molecule has 0 saturated carbocycles. The Labute approximate surface area is 320 Å². The maximum absolute atomic E-state index is 12.2. The van der Waals surface area contributed by atoms with Gasteiger partial charge in [0, 0.05) is 13.0 Å². The summed E-state index contributed by atoms with van der Waals surface area (Å²) in [5.41, 5.74) is 0. The molecule has 0 saturated heterocycles. The molecular formula is C47H92O4. The van der Waals surface area contributed by atoms with E-state index in [2.05, 4.69) is 26.0 Å². The molecule has 0 spiro atoms. The number of allylic oxidation sites excluding steroid dienone is 2. The second kappa shape index (κ2) is 45.3. The molecule has 1 atom stereocenters. The quantitative estimate of drug-likeness (QED) is 0.0387. The van der Waals surface area contributed by atoms with Gasteiger partial charge in [-0.3, -0.25) is 4.79 Å². The van der Waals surface area contributed by atoms with Crippen LogP contribution < -0.4 is 0 Å². The van der Waals surface area contributed by atoms with Gasteiger partial charge < -0.3 is 14.6 Å². The first-order valence-electron chi connectivity index (χ1n) is 23.3. The normalized spacial score (nSPS) is 12.3. The lowest BCUT2D eigenvalue weighted by atomic mass is 10.0. The van der Waals surface area contributed by atoms with E-state index in [1.807, 2.05) is 0 Å². The fraction of sp³-hybridized carbons (Fsp3) is 0.936. The minimum absolute atomic E-state index is 0.165. The maximum atomic E-state index is 12.2. The molecule has 0 heterocycles. The van der Waals surface area contributed by atoms with Gasteiger partial charge in [0.05, 0.1) is 13.2 Å². The molecule has 51 heavy (non-hydrogen) atoms. The lowest BCUT2D eigenvalue weighted by Crippen LogP contribution is -2.27. The summed E-state index contributed by atoms with van der Waals surface area (Å²) in [6.07, 6.45) is 54.3. The van der Waals surface area contributed by atoms with Crippen LogP contribution in [0.4, 0.5) is 0 Å². The van der Waals surface area contributed by atoms with Crippen LogP contribution in [0.15, 0.2) is 12.2 Å². The smallest absolute Gasteiger partial charge is 0.306 e. The number of aliphatic hydroxyl groups is 1. The molecule has 0 amide bonds. The van der Waals surface area contributed by atoms with Crippen molar-refractivity contribution in [2.24, 2.45) is 0 Å². The number of carbonyl (C=O) groups is 1. The Balaban J connectivity index is 3.35. The van der Waals surface area contributed by atoms with Crippen LogP contribution in [0.3, 0.4) is 0 Å². The molecule has 4 heteroatoms. The Morgan fingerprint density at radius 1 is 0.451 bits per heavy atom. The standard InChI is InChI=1S/C47H92O4/c1-3-5-7-9-11-13-15-17-19-20-21-22-23-24-25-26-27-28-29-30-32-34-36-38-40-42-47(49)51-46(44-48)45-50-43-41-39-37-35-33-31-18-16-14-12-10-8-6-4-2/h20-21,46,48H,3-19,22-45H2,1-2H3/b21-20-. The molecule has 0 aromatic carbocycles. The molecule has 0 aliphatic heterocycles. The van der Waals surface area contributed by atoms with Crippen molar-refractivity contribution >= 4 is 5.97 Å². The summed E-state index contributed by atoms with van der Waals surface area (Å²) in [6, 6.07) is 0. The van der Waals surface area contributed by atoms with E-state index in [0.29, 0.717) is 19.6 Å². The van der Waals surface area contributed by atoms with Gasteiger partial charge in [0.15, 0.2) is 0 Å². The van der Waals surface area contributed by atoms with E-state index in [9.17, 15) is 9.90 Å². The highest BCUT2D eigenvalue weighted by Gasteiger charge is 2.13. The van der Waals surface area contributed by atoms with E-state index >= 15 is 0 Å². The summed E-state index contributed by atoms with van der Waals surface area (Å²) < 4.78 is 11.2. The van der Waals surface area contributed by atoms with Crippen molar-refractivity contribution in [1.82, 2.24) is 0 Å². The fourth-order valence-electron chi connectivity index (χ4n) is 7.09. The van der Waals surface area contributed by atoms with Crippen molar-refractivity contribution in [3.8, 4) is 0 Å². The lowest BCUT2D eigenvalue weighted by Gasteiger charge is -2.16. The van der Waals surface area contributed by atoms with Gasteiger partial charge in [0.1, 0.15) is 6.10 Å². The number of ether oxygens (including phenoxy) is 2. The fourth-order valence-corrected chi connectivity index (χ4v) is 7.09. The molecule has 4 nitrogen and oxygen atoms in total. The summed E-state index contributed by atoms with van der Waals surface area (Å²) >= 11 is 0. The first-order valence-corrected chi connectivity index (χ1v) is 23.3. The molecule has 0 aromatic rings. The number of aliphatic hydroxyl groups excluding tert-OH is 1. The number of unbranched alkanes of at least 4 members (excludes halogenated alkanes) is 34. The van der Waals surface area contributed by atoms with Gasteiger partial charge in [0.2, 0.25) is 0 Å². The van der Waals surface area contributed by atoms with Crippen LogP contribution in [-0.2, 0) is 14.3 Å². The molecule has 0 aliphatic rings. The van der Waals surface area contributed by atoms with Gasteiger partial charge in [0.25, 0.3) is 0 Å². The number of esters is 1. The number of hydrogen-bond acceptors (Lipinski definition) is 4. The SMILES string of the molecule is CCCCCCCCCC/C=C\CCCCCCCCCCCCCCCC(=O)OC(CO)COCCCCCCCCCCCCCCCC. The van der Waals surface area contributed by atoms with Gasteiger partial charge in [-0.1, -0.05) is 225 Å². The van der Waals surface area contributed by atoms with E-state index in [1.165, 1.54) is 218 Å². The molecule has 0 aliphatic carbocycles. The van der Waals surface area contributed by atoms with Crippen molar-refractivity contribution in [3.63, 3.8) is 0 Å². The second-order valence-corrected chi connectivity index (χ2v) is 15.8. The molecule has 1 N–H and O–H groups in total. The molecule has 0 fully saturated rings. The van der Waals surface area contributed by atoms with Gasteiger partial charge in [-0.2, -0.15) is 0 Å². The predicted octanol–water partition coefficient (Wildman–Crippen LogP) is 15.3. The third kappa shape index (κ3) is 43.4. The molecule has 1 unspecified atom stereocenters. The van der Waals surface area contributed by atoms with Crippen molar-refractivity contribution in [2.75, 3.05) is 19.8 Å². The van der Waals surface area contributed by atoms with Crippen LogP contribution in [0, 0.1) is 0 Å². The zero-order valence-electron chi connectivity index (χ0n) is 34.9. The summed E-state index contributed by atoms with van der Waals surface area (Å²) in [6.45, 7) is 5.39. The zero-order valence-corrected chi connectivity index (χ0v) is 34.9. The zero-order chi connectivity index (χ0) is 37.0. The lowest BCUT2D eigenvalue weighted by molar-refractivity contribution is -0.154. The van der Waals surface area contributed by atoms with Gasteiger partial charge in [-0.15, -0.1) is 0 Å². The maximum Gasteiger partial charge on any atom is 0.306 e. The van der Waals surface area contributed by atoms with Crippen molar-refractivity contribution in [3.05, 3.63) is 12.2 Å². The summed E-state index contributed by atoms with van der Waals surface area (Å²) in [4.78, 5) is 12.2. The topological polar surface area (TPSA) is 55.8 Å². The Bertz CT molecular complexity index is 677. The minimum atomic E-state index is -0.527. The molecule has 0 aromatic heterocycles. The molecular weight excluding hydrogens is 629 g/mol. The molecule has 304 valence electrons. The third-order valence-electron chi connectivity index (χ3n) is 10.6. The van der Waals surface area contributed by atoms with Crippen molar-refractivity contribution in [2.45, 2.75) is 264 Å². The summed E-state index contributed by atoms with van der Waals surface area (Å²) in [5.74, 6) is -0.195. The van der Waals surface area contributed by atoms with E-state index < -0.39 is 6.10 Å². The Morgan fingerprint density at radius 2 is 0.765 bits per heavy atom. The van der Waals surface area contributed by atoms with E-state index in [1.54, 1.807) is 0 Å². The van der Waals surface area contributed by atoms with Crippen molar-refractivity contribution < 1.29 is 19.4 Å².